The van der Waals surface area contributed by atoms with Crippen molar-refractivity contribution in [2.45, 2.75) is 43.7 Å². The summed E-state index contributed by atoms with van der Waals surface area (Å²) in [6.07, 6.45) is 3.45. The van der Waals surface area contributed by atoms with Gasteiger partial charge in [-0.3, -0.25) is 4.79 Å². The Bertz CT molecular complexity index is 496. The van der Waals surface area contributed by atoms with Crippen LogP contribution in [0.1, 0.15) is 43.8 Å². The van der Waals surface area contributed by atoms with Crippen molar-refractivity contribution in [3.05, 3.63) is 33.8 Å². The molecule has 0 aromatic heterocycles. The molecule has 0 aliphatic heterocycles. The number of amides is 1. The quantitative estimate of drug-likeness (QED) is 0.794. The second kappa shape index (κ2) is 6.97. The van der Waals surface area contributed by atoms with Crippen molar-refractivity contribution < 1.29 is 9.90 Å². The third-order valence-corrected chi connectivity index (χ3v) is 4.65. The van der Waals surface area contributed by atoms with E-state index in [-0.39, 0.29) is 12.5 Å². The summed E-state index contributed by atoms with van der Waals surface area (Å²) < 4.78 is 0. The maximum absolute atomic E-state index is 12.2. The molecule has 1 amide bonds. The second-order valence-electron chi connectivity index (χ2n) is 5.58. The normalized spacial score (nSPS) is 19.0. The maximum atomic E-state index is 12.2. The van der Waals surface area contributed by atoms with Crippen LogP contribution in [0, 0.1) is 0 Å². The number of nitrogens with one attached hydrogen (secondary N) is 1. The first kappa shape index (κ1) is 16.6. The number of carbonyl (C=O) groups is 1. The second-order valence-corrected chi connectivity index (χ2v) is 6.39. The van der Waals surface area contributed by atoms with E-state index in [0.717, 1.165) is 19.3 Å². The highest BCUT2D eigenvalue weighted by molar-refractivity contribution is 6.36. The zero-order valence-corrected chi connectivity index (χ0v) is 13.3. The molecule has 6 heteroatoms. The Morgan fingerprint density at radius 3 is 2.43 bits per heavy atom. The monoisotopic (exact) mass is 330 g/mol. The van der Waals surface area contributed by atoms with Gasteiger partial charge in [0.1, 0.15) is 0 Å². The van der Waals surface area contributed by atoms with Crippen LogP contribution in [0.4, 0.5) is 0 Å². The Morgan fingerprint density at radius 2 is 1.86 bits per heavy atom. The first-order chi connectivity index (χ1) is 9.94. The average molecular weight is 331 g/mol. The van der Waals surface area contributed by atoms with Gasteiger partial charge in [0.05, 0.1) is 11.6 Å². The van der Waals surface area contributed by atoms with Gasteiger partial charge in [0.25, 0.3) is 0 Å². The first-order valence-corrected chi connectivity index (χ1v) is 7.89. The highest BCUT2D eigenvalue weighted by Crippen LogP contribution is 2.30. The Hall–Kier alpha value is -0.810. The topological polar surface area (TPSA) is 75.4 Å². The van der Waals surface area contributed by atoms with E-state index in [4.69, 9.17) is 28.9 Å². The van der Waals surface area contributed by atoms with Gasteiger partial charge in [-0.2, -0.15) is 0 Å². The first-order valence-electron chi connectivity index (χ1n) is 7.13. The van der Waals surface area contributed by atoms with E-state index >= 15 is 0 Å². The van der Waals surface area contributed by atoms with Crippen molar-refractivity contribution in [1.82, 2.24) is 5.32 Å². The number of nitrogens with two attached hydrogens (primary N) is 1. The Balaban J connectivity index is 1.97. The molecular formula is C15H20Cl2N2O2. The van der Waals surface area contributed by atoms with Crippen LogP contribution in [0.15, 0.2) is 18.2 Å². The van der Waals surface area contributed by atoms with E-state index in [0.29, 0.717) is 28.5 Å². The average Bonchev–Trinajstić information content (AvgIpc) is 2.45. The molecule has 4 N–H and O–H groups in total. The van der Waals surface area contributed by atoms with Gasteiger partial charge >= 0.3 is 0 Å². The van der Waals surface area contributed by atoms with E-state index in [9.17, 15) is 9.90 Å². The van der Waals surface area contributed by atoms with Crippen molar-refractivity contribution in [2.24, 2.45) is 5.73 Å². The van der Waals surface area contributed by atoms with Gasteiger partial charge in [0.2, 0.25) is 5.91 Å². The molecule has 1 fully saturated rings. The lowest BCUT2D eigenvalue weighted by molar-refractivity contribution is -0.128. The summed E-state index contributed by atoms with van der Waals surface area (Å²) >= 11 is 12.1. The zero-order chi connectivity index (χ0) is 15.5. The summed E-state index contributed by atoms with van der Waals surface area (Å²) in [5, 5.41) is 13.7. The van der Waals surface area contributed by atoms with E-state index in [1.807, 2.05) is 0 Å². The molecule has 1 aromatic carbocycles. The number of aliphatic hydroxyl groups is 1. The number of hydrogen-bond acceptors (Lipinski definition) is 3. The van der Waals surface area contributed by atoms with Crippen molar-refractivity contribution in [3.8, 4) is 0 Å². The van der Waals surface area contributed by atoms with Gasteiger partial charge in [-0.15, -0.1) is 0 Å². The highest BCUT2D eigenvalue weighted by atomic mass is 35.5. The van der Waals surface area contributed by atoms with Crippen molar-refractivity contribution in [3.63, 3.8) is 0 Å². The molecule has 116 valence electrons. The van der Waals surface area contributed by atoms with Gasteiger partial charge < -0.3 is 16.2 Å². The predicted molar refractivity (Wildman–Crippen MR) is 84.4 cm³/mol. The highest BCUT2D eigenvalue weighted by Gasteiger charge is 2.35. The third kappa shape index (κ3) is 3.89. The van der Waals surface area contributed by atoms with E-state index in [1.54, 1.807) is 18.2 Å². The number of rotatable bonds is 4. The fourth-order valence-electron chi connectivity index (χ4n) is 2.71. The minimum atomic E-state index is -0.956. The summed E-state index contributed by atoms with van der Waals surface area (Å²) in [7, 11) is 0. The van der Waals surface area contributed by atoms with Crippen molar-refractivity contribution in [1.29, 1.82) is 0 Å². The minimum absolute atomic E-state index is 0.0429. The summed E-state index contributed by atoms with van der Waals surface area (Å²) in [5.74, 6) is -0.218. The van der Waals surface area contributed by atoms with Gasteiger partial charge in [-0.25, -0.2) is 0 Å². The zero-order valence-electron chi connectivity index (χ0n) is 11.7. The summed E-state index contributed by atoms with van der Waals surface area (Å²) in [5.41, 5.74) is 5.75. The van der Waals surface area contributed by atoms with Crippen LogP contribution in [-0.2, 0) is 4.79 Å². The summed E-state index contributed by atoms with van der Waals surface area (Å²) in [4.78, 5) is 12.2. The Morgan fingerprint density at radius 1 is 1.29 bits per heavy atom. The fourth-order valence-corrected chi connectivity index (χ4v) is 3.36. The molecule has 1 aromatic rings. The lowest BCUT2D eigenvalue weighted by Crippen LogP contribution is -2.55. The van der Waals surface area contributed by atoms with E-state index in [2.05, 4.69) is 5.32 Å². The molecule has 1 atom stereocenters. The lowest BCUT2D eigenvalue weighted by Gasteiger charge is -2.32. The molecule has 1 aliphatic carbocycles. The molecule has 21 heavy (non-hydrogen) atoms. The van der Waals surface area contributed by atoms with Crippen LogP contribution in [0.3, 0.4) is 0 Å². The number of halogens is 2. The number of aliphatic hydroxyl groups excluding tert-OH is 1. The number of benzene rings is 1. The van der Waals surface area contributed by atoms with Gasteiger partial charge in [-0.1, -0.05) is 48.5 Å². The van der Waals surface area contributed by atoms with Crippen molar-refractivity contribution >= 4 is 29.1 Å². The van der Waals surface area contributed by atoms with Gasteiger partial charge in [0.15, 0.2) is 0 Å². The molecule has 1 aliphatic rings. The molecule has 0 heterocycles. The molecule has 1 unspecified atom stereocenters. The van der Waals surface area contributed by atoms with Crippen LogP contribution in [0.5, 0.6) is 0 Å². The summed E-state index contributed by atoms with van der Waals surface area (Å²) in [6.45, 7) is 0.0429. The molecular weight excluding hydrogens is 311 g/mol. The van der Waals surface area contributed by atoms with Crippen LogP contribution in [0.25, 0.3) is 0 Å². The molecule has 0 bridgehead atoms. The van der Waals surface area contributed by atoms with Crippen LogP contribution < -0.4 is 11.1 Å². The molecule has 4 nitrogen and oxygen atoms in total. The standard InChI is InChI=1S/C15H20Cl2N2O2/c16-10-5-4-6-11(17)13(10)12(20)9-19-14(21)15(18)7-2-1-3-8-15/h4-6,12,20H,1-3,7-9,18H2,(H,19,21). The molecule has 0 spiro atoms. The molecule has 0 radical (unpaired) electrons. The maximum Gasteiger partial charge on any atom is 0.240 e. The smallest absolute Gasteiger partial charge is 0.240 e. The van der Waals surface area contributed by atoms with Crippen molar-refractivity contribution in [2.75, 3.05) is 6.54 Å². The number of hydrogen-bond donors (Lipinski definition) is 3. The molecule has 2 rings (SSSR count). The molecule has 0 saturated heterocycles. The van der Waals surface area contributed by atoms with Crippen LogP contribution in [-0.4, -0.2) is 23.1 Å². The number of carbonyl (C=O) groups excluding carboxylic acids is 1. The third-order valence-electron chi connectivity index (χ3n) is 3.99. The summed E-state index contributed by atoms with van der Waals surface area (Å²) in [6, 6.07) is 5.01. The van der Waals surface area contributed by atoms with Crippen LogP contribution >= 0.6 is 23.2 Å². The lowest BCUT2D eigenvalue weighted by atomic mass is 9.82. The van der Waals surface area contributed by atoms with Crippen LogP contribution in [0.2, 0.25) is 10.0 Å². The largest absolute Gasteiger partial charge is 0.386 e. The van der Waals surface area contributed by atoms with Gasteiger partial charge in [0, 0.05) is 22.2 Å². The van der Waals surface area contributed by atoms with Gasteiger partial charge in [-0.05, 0) is 25.0 Å². The van der Waals surface area contributed by atoms with E-state index in [1.165, 1.54) is 0 Å². The predicted octanol–water partition coefficient (Wildman–Crippen LogP) is 2.80. The SMILES string of the molecule is NC1(C(=O)NCC(O)c2c(Cl)cccc2Cl)CCCCC1. The fraction of sp³-hybridized carbons (Fsp3) is 0.533. The molecule has 1 saturated carbocycles. The Kier molecular flexibility index (Phi) is 5.49. The van der Waals surface area contributed by atoms with E-state index < -0.39 is 11.6 Å². The Labute approximate surface area is 134 Å². The minimum Gasteiger partial charge on any atom is -0.386 e.